The van der Waals surface area contributed by atoms with Crippen molar-refractivity contribution in [2.75, 3.05) is 0 Å². The summed E-state index contributed by atoms with van der Waals surface area (Å²) < 4.78 is 4.87. The van der Waals surface area contributed by atoms with Gasteiger partial charge in [0.1, 0.15) is 0 Å². The molecule has 92 valence electrons. The molecule has 2 rings (SSSR count). The molecule has 0 N–H and O–H groups in total. The van der Waals surface area contributed by atoms with E-state index >= 15 is 0 Å². The van der Waals surface area contributed by atoms with Gasteiger partial charge in [0.2, 0.25) is 0 Å². The predicted octanol–water partition coefficient (Wildman–Crippen LogP) is 0.777. The smallest absolute Gasteiger partial charge is 0.302 e. The zero-order chi connectivity index (χ0) is 12.9. The summed E-state index contributed by atoms with van der Waals surface area (Å²) in [5.74, 6) is 0. The third-order valence-electron chi connectivity index (χ3n) is 2.76. The first-order valence-electron chi connectivity index (χ1n) is 5.19. The number of imidazole rings is 1. The first kappa shape index (κ1) is 12.1. The van der Waals surface area contributed by atoms with Crippen LogP contribution in [0.1, 0.15) is 19.9 Å². The third kappa shape index (κ3) is 1.56. The van der Waals surface area contributed by atoms with E-state index in [1.807, 2.05) is 18.4 Å². The minimum Gasteiger partial charge on any atom is -0.302 e. The topological polar surface area (TPSA) is 61.8 Å². The van der Waals surface area contributed by atoms with Crippen LogP contribution in [0.25, 0.3) is 11.2 Å². The van der Waals surface area contributed by atoms with Crippen molar-refractivity contribution in [2.45, 2.75) is 19.9 Å². The second kappa shape index (κ2) is 3.83. The highest BCUT2D eigenvalue weighted by atomic mass is 79.9. The van der Waals surface area contributed by atoms with Crippen molar-refractivity contribution in [3.05, 3.63) is 25.6 Å². The number of hydrogen-bond acceptors (Lipinski definition) is 3. The van der Waals surface area contributed by atoms with Gasteiger partial charge in [-0.2, -0.15) is 0 Å². The highest BCUT2D eigenvalue weighted by Gasteiger charge is 2.18. The molecule has 0 saturated heterocycles. The first-order valence-corrected chi connectivity index (χ1v) is 5.99. The highest BCUT2D eigenvalue weighted by molar-refractivity contribution is 9.10. The Morgan fingerprint density at radius 3 is 2.29 bits per heavy atom. The van der Waals surface area contributed by atoms with Crippen LogP contribution in [0.3, 0.4) is 0 Å². The van der Waals surface area contributed by atoms with Crippen LogP contribution in [0.4, 0.5) is 0 Å². The van der Waals surface area contributed by atoms with Crippen LogP contribution in [0.15, 0.2) is 14.3 Å². The van der Waals surface area contributed by atoms with E-state index in [-0.39, 0.29) is 17.3 Å². The lowest BCUT2D eigenvalue weighted by molar-refractivity contribution is 0.583. The van der Waals surface area contributed by atoms with Crippen molar-refractivity contribution in [1.82, 2.24) is 18.7 Å². The molecule has 6 nitrogen and oxygen atoms in total. The van der Waals surface area contributed by atoms with E-state index < -0.39 is 0 Å². The molecule has 0 fully saturated rings. The quantitative estimate of drug-likeness (QED) is 0.731. The number of hydrogen-bond donors (Lipinski definition) is 0. The van der Waals surface area contributed by atoms with Gasteiger partial charge in [0.05, 0.1) is 0 Å². The second-order valence-corrected chi connectivity index (χ2v) is 4.93. The van der Waals surface area contributed by atoms with Gasteiger partial charge in [-0.25, -0.2) is 9.78 Å². The Hall–Kier alpha value is -1.37. The zero-order valence-corrected chi connectivity index (χ0v) is 11.6. The van der Waals surface area contributed by atoms with Gasteiger partial charge in [-0.05, 0) is 29.8 Å². The molecule has 0 aliphatic carbocycles. The standard InChI is InChI=1S/C10H13BrN4O2/c1-5(2)15-7-6(12-9(15)11)8(16)14(4)10(17)13(7)3/h5H,1-4H3. The van der Waals surface area contributed by atoms with Gasteiger partial charge < -0.3 is 4.57 Å². The third-order valence-corrected chi connectivity index (χ3v) is 3.32. The molecule has 0 bridgehead atoms. The van der Waals surface area contributed by atoms with Gasteiger partial charge in [-0.15, -0.1) is 0 Å². The monoisotopic (exact) mass is 300 g/mol. The molecule has 2 aromatic rings. The molecule has 0 atom stereocenters. The Morgan fingerprint density at radius 2 is 1.76 bits per heavy atom. The normalized spacial score (nSPS) is 11.6. The van der Waals surface area contributed by atoms with Gasteiger partial charge in [-0.3, -0.25) is 13.9 Å². The van der Waals surface area contributed by atoms with Crippen LogP contribution in [-0.4, -0.2) is 18.7 Å². The lowest BCUT2D eigenvalue weighted by Crippen LogP contribution is -2.37. The van der Waals surface area contributed by atoms with Crippen molar-refractivity contribution in [1.29, 1.82) is 0 Å². The number of fused-ring (bicyclic) bond motifs is 1. The lowest BCUT2D eigenvalue weighted by Gasteiger charge is -2.12. The summed E-state index contributed by atoms with van der Waals surface area (Å²) in [6.45, 7) is 3.93. The fourth-order valence-corrected chi connectivity index (χ4v) is 2.64. The van der Waals surface area contributed by atoms with E-state index in [0.29, 0.717) is 15.9 Å². The second-order valence-electron chi connectivity index (χ2n) is 4.22. The van der Waals surface area contributed by atoms with Crippen molar-refractivity contribution in [3.63, 3.8) is 0 Å². The Bertz CT molecular complexity index is 708. The largest absolute Gasteiger partial charge is 0.332 e. The molecular weight excluding hydrogens is 288 g/mol. The van der Waals surface area contributed by atoms with E-state index in [4.69, 9.17) is 0 Å². The summed E-state index contributed by atoms with van der Waals surface area (Å²) in [5, 5.41) is 0. The molecule has 2 aromatic heterocycles. The van der Waals surface area contributed by atoms with Crippen LogP contribution < -0.4 is 11.2 Å². The summed E-state index contributed by atoms with van der Waals surface area (Å²) in [5.41, 5.74) is 0.121. The summed E-state index contributed by atoms with van der Waals surface area (Å²) in [6.07, 6.45) is 0. The summed E-state index contributed by atoms with van der Waals surface area (Å²) >= 11 is 3.32. The molecule has 0 aromatic carbocycles. The first-order chi connectivity index (χ1) is 7.86. The molecule has 0 aliphatic rings. The number of nitrogens with zero attached hydrogens (tertiary/aromatic N) is 4. The molecule has 0 aliphatic heterocycles. The van der Waals surface area contributed by atoms with E-state index in [0.717, 1.165) is 4.57 Å². The predicted molar refractivity (Wildman–Crippen MR) is 68.3 cm³/mol. The molecule has 2 heterocycles. The maximum Gasteiger partial charge on any atom is 0.332 e. The fourth-order valence-electron chi connectivity index (χ4n) is 1.88. The molecule has 7 heteroatoms. The Balaban J connectivity index is 3.13. The van der Waals surface area contributed by atoms with Crippen molar-refractivity contribution >= 4 is 27.1 Å². The van der Waals surface area contributed by atoms with Gasteiger partial charge in [0.25, 0.3) is 5.56 Å². The maximum absolute atomic E-state index is 11.9. The SMILES string of the molecule is CC(C)n1c(Br)nc2c(=O)n(C)c(=O)n(C)c21. The van der Waals surface area contributed by atoms with E-state index in [2.05, 4.69) is 20.9 Å². The van der Waals surface area contributed by atoms with E-state index in [1.165, 1.54) is 11.6 Å². The van der Waals surface area contributed by atoms with Crippen LogP contribution in [0.2, 0.25) is 0 Å². The number of rotatable bonds is 1. The van der Waals surface area contributed by atoms with Crippen LogP contribution in [0, 0.1) is 0 Å². The van der Waals surface area contributed by atoms with Crippen LogP contribution in [0.5, 0.6) is 0 Å². The Morgan fingerprint density at radius 1 is 1.18 bits per heavy atom. The maximum atomic E-state index is 11.9. The summed E-state index contributed by atoms with van der Waals surface area (Å²) in [4.78, 5) is 28.0. The summed E-state index contributed by atoms with van der Waals surface area (Å²) in [7, 11) is 3.09. The van der Waals surface area contributed by atoms with Crippen molar-refractivity contribution < 1.29 is 0 Å². The van der Waals surface area contributed by atoms with E-state index in [1.54, 1.807) is 7.05 Å². The Kier molecular flexibility index (Phi) is 2.73. The Labute approximate surface area is 106 Å². The number of aromatic nitrogens is 4. The van der Waals surface area contributed by atoms with Gasteiger partial charge >= 0.3 is 5.69 Å². The zero-order valence-electron chi connectivity index (χ0n) is 10.1. The molecular formula is C10H13BrN4O2. The summed E-state index contributed by atoms with van der Waals surface area (Å²) in [6, 6.07) is 0.104. The fraction of sp³-hybridized carbons (Fsp3) is 0.500. The van der Waals surface area contributed by atoms with Crippen LogP contribution in [-0.2, 0) is 14.1 Å². The molecule has 0 spiro atoms. The molecule has 0 unspecified atom stereocenters. The molecule has 17 heavy (non-hydrogen) atoms. The van der Waals surface area contributed by atoms with Gasteiger partial charge in [0.15, 0.2) is 15.9 Å². The minimum atomic E-state index is -0.372. The van der Waals surface area contributed by atoms with E-state index in [9.17, 15) is 9.59 Å². The van der Waals surface area contributed by atoms with Crippen LogP contribution >= 0.6 is 15.9 Å². The van der Waals surface area contributed by atoms with Crippen molar-refractivity contribution in [2.24, 2.45) is 14.1 Å². The molecule has 0 saturated carbocycles. The number of aryl methyl sites for hydroxylation is 1. The van der Waals surface area contributed by atoms with Gasteiger partial charge in [-0.1, -0.05) is 0 Å². The van der Waals surface area contributed by atoms with Crippen molar-refractivity contribution in [3.8, 4) is 0 Å². The lowest BCUT2D eigenvalue weighted by atomic mass is 10.4. The molecule has 0 amide bonds. The minimum absolute atomic E-state index is 0.104. The average molecular weight is 301 g/mol. The average Bonchev–Trinajstić information content (AvgIpc) is 2.61. The van der Waals surface area contributed by atoms with Gasteiger partial charge in [0, 0.05) is 20.1 Å². The highest BCUT2D eigenvalue weighted by Crippen LogP contribution is 2.21. The number of halogens is 1. The molecule has 0 radical (unpaired) electrons.